The molecule has 0 aliphatic rings. The number of aliphatic hydroxyl groups is 1. The first-order chi connectivity index (χ1) is 14.1. The van der Waals surface area contributed by atoms with Crippen molar-refractivity contribution in [1.82, 2.24) is 19.7 Å². The lowest BCUT2D eigenvalue weighted by atomic mass is 9.90. The van der Waals surface area contributed by atoms with Gasteiger partial charge in [0.05, 0.1) is 11.4 Å². The topological polar surface area (TPSA) is 104 Å². The summed E-state index contributed by atoms with van der Waals surface area (Å²) in [6.07, 6.45) is -1.12. The first-order valence-corrected chi connectivity index (χ1v) is 10.2. The van der Waals surface area contributed by atoms with Crippen molar-refractivity contribution in [2.24, 2.45) is 0 Å². The number of carboxylic acid groups (broad SMARTS) is 1. The van der Waals surface area contributed by atoms with Gasteiger partial charge in [0.2, 0.25) is 0 Å². The number of hydrogen-bond acceptors (Lipinski definition) is 5. The molecular weight excluding hydrogens is 394 g/mol. The van der Waals surface area contributed by atoms with Gasteiger partial charge < -0.3 is 10.2 Å². The van der Waals surface area contributed by atoms with Crippen molar-refractivity contribution < 1.29 is 15.0 Å². The van der Waals surface area contributed by atoms with Gasteiger partial charge in [0.1, 0.15) is 16.6 Å². The van der Waals surface area contributed by atoms with Crippen molar-refractivity contribution in [2.75, 3.05) is 4.90 Å². The van der Waals surface area contributed by atoms with Crippen LogP contribution in [0.4, 0.5) is 10.6 Å². The van der Waals surface area contributed by atoms with Crippen molar-refractivity contribution in [3.8, 4) is 5.69 Å². The van der Waals surface area contributed by atoms with Gasteiger partial charge in [-0.1, -0.05) is 39.0 Å². The monoisotopic (exact) mass is 425 g/mol. The van der Waals surface area contributed by atoms with E-state index in [1.165, 1.54) is 4.90 Å². The molecule has 0 fully saturated rings. The highest BCUT2D eigenvalue weighted by atomic mass is 16.4. The van der Waals surface area contributed by atoms with Crippen LogP contribution in [0.25, 0.3) is 16.7 Å². The van der Waals surface area contributed by atoms with Gasteiger partial charge in [0.15, 0.2) is 11.6 Å². The molecule has 0 aliphatic carbocycles. The molecule has 0 spiro atoms. The summed E-state index contributed by atoms with van der Waals surface area (Å²) >= 11 is 0. The molecule has 0 atom stereocenters. The number of aromatic nitrogens is 4. The lowest BCUT2D eigenvalue weighted by Crippen LogP contribution is -2.46. The third kappa shape index (κ3) is 4.25. The molecule has 8 heteroatoms. The lowest BCUT2D eigenvalue weighted by molar-refractivity contribution is 0.0687. The summed E-state index contributed by atoms with van der Waals surface area (Å²) < 4.78 is 1.60. The van der Waals surface area contributed by atoms with E-state index in [4.69, 9.17) is 5.10 Å². The van der Waals surface area contributed by atoms with Gasteiger partial charge in [-0.15, -0.1) is 0 Å². The maximum absolute atomic E-state index is 12.4. The summed E-state index contributed by atoms with van der Waals surface area (Å²) in [6, 6.07) is 9.34. The molecule has 1 aromatic carbocycles. The maximum atomic E-state index is 12.4. The van der Waals surface area contributed by atoms with E-state index < -0.39 is 22.6 Å². The first kappa shape index (κ1) is 22.7. The largest absolute Gasteiger partial charge is 0.465 e. The van der Waals surface area contributed by atoms with Gasteiger partial charge >= 0.3 is 6.09 Å². The Bertz CT molecular complexity index is 1120. The van der Waals surface area contributed by atoms with E-state index in [1.807, 2.05) is 71.9 Å². The molecule has 0 saturated heterocycles. The number of anilines is 1. The van der Waals surface area contributed by atoms with E-state index in [9.17, 15) is 15.0 Å². The van der Waals surface area contributed by atoms with Crippen LogP contribution < -0.4 is 4.90 Å². The number of carbonyl (C=O) groups is 1. The van der Waals surface area contributed by atoms with Crippen LogP contribution in [0.3, 0.4) is 0 Å². The van der Waals surface area contributed by atoms with Crippen LogP contribution in [0.1, 0.15) is 66.9 Å². The van der Waals surface area contributed by atoms with E-state index in [0.717, 1.165) is 0 Å². The van der Waals surface area contributed by atoms with Crippen LogP contribution in [0, 0.1) is 0 Å². The molecule has 0 aliphatic heterocycles. The van der Waals surface area contributed by atoms with Crippen molar-refractivity contribution in [3.63, 3.8) is 0 Å². The predicted octanol–water partition coefficient (Wildman–Crippen LogP) is 4.62. The second kappa shape index (κ2) is 7.30. The first-order valence-electron chi connectivity index (χ1n) is 10.2. The highest BCUT2D eigenvalue weighted by molar-refractivity contribution is 5.99. The average Bonchev–Trinajstić information content (AvgIpc) is 2.97. The smallest absolute Gasteiger partial charge is 0.413 e. The number of benzene rings is 1. The summed E-state index contributed by atoms with van der Waals surface area (Å²) in [5.41, 5.74) is -0.249. The van der Waals surface area contributed by atoms with Gasteiger partial charge in [-0.3, -0.25) is 4.90 Å². The van der Waals surface area contributed by atoms with Crippen molar-refractivity contribution in [2.45, 2.75) is 71.9 Å². The maximum Gasteiger partial charge on any atom is 0.413 e. The third-order valence-corrected chi connectivity index (χ3v) is 4.83. The second-order valence-electron chi connectivity index (χ2n) is 10.3. The van der Waals surface area contributed by atoms with Crippen LogP contribution in [0.2, 0.25) is 0 Å². The van der Waals surface area contributed by atoms with Crippen LogP contribution in [-0.2, 0) is 11.0 Å². The summed E-state index contributed by atoms with van der Waals surface area (Å²) in [5, 5.41) is 25.6. The molecule has 8 nitrogen and oxygen atoms in total. The van der Waals surface area contributed by atoms with Crippen LogP contribution in [-0.4, -0.2) is 41.6 Å². The van der Waals surface area contributed by atoms with Crippen molar-refractivity contribution >= 4 is 22.9 Å². The van der Waals surface area contributed by atoms with Crippen LogP contribution in [0.15, 0.2) is 30.3 Å². The van der Waals surface area contributed by atoms with E-state index in [0.29, 0.717) is 28.2 Å². The standard InChI is InChI=1S/C23H31N5O3/c1-21(2,3)17-15-16(24-19(25-17)23(7,8)31)18(27(20(29)30)22(4,5)6)28(26-15)14-12-10-9-11-13-14/h9-13,31H,1-8H3,(H,29,30). The minimum Gasteiger partial charge on any atom is -0.465 e. The number of hydrogen-bond donors (Lipinski definition) is 2. The SMILES string of the molecule is CC(C)(C)c1nc(C(C)(C)O)nc2c(N(C(=O)O)C(C)(C)C)n(-c3ccccc3)nc12. The normalized spacial score (nSPS) is 12.9. The Labute approximate surface area is 182 Å². The number of rotatable bonds is 3. The van der Waals surface area contributed by atoms with Gasteiger partial charge in [-0.05, 0) is 46.8 Å². The second-order valence-corrected chi connectivity index (χ2v) is 10.3. The van der Waals surface area contributed by atoms with E-state index in [-0.39, 0.29) is 5.82 Å². The Balaban J connectivity index is 2.56. The fourth-order valence-electron chi connectivity index (χ4n) is 3.39. The minimum absolute atomic E-state index is 0.220. The van der Waals surface area contributed by atoms with Gasteiger partial charge in [-0.2, -0.15) is 5.10 Å². The van der Waals surface area contributed by atoms with Crippen molar-refractivity contribution in [1.29, 1.82) is 0 Å². The number of para-hydroxylation sites is 1. The summed E-state index contributed by atoms with van der Waals surface area (Å²) in [7, 11) is 0. The number of fused-ring (bicyclic) bond motifs is 1. The number of nitrogens with zero attached hydrogens (tertiary/aromatic N) is 5. The van der Waals surface area contributed by atoms with E-state index >= 15 is 0 Å². The van der Waals surface area contributed by atoms with Crippen LogP contribution in [0.5, 0.6) is 0 Å². The molecule has 2 aromatic heterocycles. The van der Waals surface area contributed by atoms with E-state index in [1.54, 1.807) is 18.5 Å². The zero-order valence-electron chi connectivity index (χ0n) is 19.4. The molecule has 3 aromatic rings. The molecule has 1 amide bonds. The summed E-state index contributed by atoms with van der Waals surface area (Å²) in [6.45, 7) is 14.7. The Morgan fingerprint density at radius 1 is 0.935 bits per heavy atom. The molecule has 2 heterocycles. The fraction of sp³-hybridized carbons (Fsp3) is 0.478. The van der Waals surface area contributed by atoms with E-state index in [2.05, 4.69) is 9.97 Å². The quantitative estimate of drug-likeness (QED) is 0.634. The molecule has 31 heavy (non-hydrogen) atoms. The zero-order valence-corrected chi connectivity index (χ0v) is 19.4. The molecule has 2 N–H and O–H groups in total. The highest BCUT2D eigenvalue weighted by Crippen LogP contribution is 2.37. The minimum atomic E-state index is -1.31. The Hall–Kier alpha value is -3.00. The Kier molecular flexibility index (Phi) is 5.34. The van der Waals surface area contributed by atoms with Crippen LogP contribution >= 0.6 is 0 Å². The van der Waals surface area contributed by atoms with Gasteiger partial charge in [0.25, 0.3) is 0 Å². The predicted molar refractivity (Wildman–Crippen MR) is 121 cm³/mol. The third-order valence-electron chi connectivity index (χ3n) is 4.83. The number of amides is 1. The molecule has 0 bridgehead atoms. The molecule has 0 saturated carbocycles. The average molecular weight is 426 g/mol. The fourth-order valence-corrected chi connectivity index (χ4v) is 3.39. The van der Waals surface area contributed by atoms with Gasteiger partial charge in [0, 0.05) is 11.0 Å². The Morgan fingerprint density at radius 3 is 1.97 bits per heavy atom. The zero-order chi connectivity index (χ0) is 23.4. The molecule has 3 rings (SSSR count). The van der Waals surface area contributed by atoms with Crippen molar-refractivity contribution in [3.05, 3.63) is 41.9 Å². The highest BCUT2D eigenvalue weighted by Gasteiger charge is 2.37. The molecule has 0 radical (unpaired) electrons. The molecular formula is C23H31N5O3. The summed E-state index contributed by atoms with van der Waals surface area (Å²) in [5.74, 6) is 0.539. The van der Waals surface area contributed by atoms with Gasteiger partial charge in [-0.25, -0.2) is 19.4 Å². The summed E-state index contributed by atoms with van der Waals surface area (Å²) in [4.78, 5) is 23.0. The molecule has 0 unspecified atom stereocenters. The molecule has 166 valence electrons. The Morgan fingerprint density at radius 2 is 1.52 bits per heavy atom. The lowest BCUT2D eigenvalue weighted by Gasteiger charge is -2.33.